The van der Waals surface area contributed by atoms with Crippen LogP contribution in [0.15, 0.2) is 53.8 Å². The Kier molecular flexibility index (Phi) is 4.30. The van der Waals surface area contributed by atoms with E-state index in [0.29, 0.717) is 16.3 Å². The summed E-state index contributed by atoms with van der Waals surface area (Å²) in [6.45, 7) is 0. The predicted octanol–water partition coefficient (Wildman–Crippen LogP) is 4.05. The molecule has 23 heavy (non-hydrogen) atoms. The molecule has 3 rings (SSSR count). The summed E-state index contributed by atoms with van der Waals surface area (Å²) in [6.07, 6.45) is 3.21. The largest absolute Gasteiger partial charge is 0.507 e. The molecule has 2 N–H and O–H groups in total. The van der Waals surface area contributed by atoms with Gasteiger partial charge in [-0.15, -0.1) is 0 Å². The number of benzene rings is 2. The third-order valence-electron chi connectivity index (χ3n) is 3.33. The highest BCUT2D eigenvalue weighted by molar-refractivity contribution is 6.31. The number of aromatic nitrogens is 1. The number of phenols is 1. The number of anilines is 1. The fourth-order valence-electron chi connectivity index (χ4n) is 2.15. The standard InChI is InChI=1S/C17H14ClN3O2/c1-23-13-3-5-17(22)11(8-13)10-20-21-15-6-7-19-16-9-12(18)2-4-14(15)16/h2-10,22H,1H3,(H,19,21)/b20-10+. The smallest absolute Gasteiger partial charge is 0.124 e. The van der Waals surface area contributed by atoms with Gasteiger partial charge in [0.15, 0.2) is 0 Å². The van der Waals surface area contributed by atoms with E-state index in [1.165, 1.54) is 6.21 Å². The molecule has 0 amide bonds. The van der Waals surface area contributed by atoms with Gasteiger partial charge in [-0.05, 0) is 42.5 Å². The van der Waals surface area contributed by atoms with Crippen LogP contribution < -0.4 is 10.2 Å². The van der Waals surface area contributed by atoms with Crippen molar-refractivity contribution in [3.8, 4) is 11.5 Å². The van der Waals surface area contributed by atoms with Crippen LogP contribution in [-0.2, 0) is 0 Å². The van der Waals surface area contributed by atoms with Gasteiger partial charge in [0, 0.05) is 22.2 Å². The number of rotatable bonds is 4. The summed E-state index contributed by atoms with van der Waals surface area (Å²) < 4.78 is 5.13. The Morgan fingerprint density at radius 3 is 2.91 bits per heavy atom. The Morgan fingerprint density at radius 1 is 1.22 bits per heavy atom. The highest BCUT2D eigenvalue weighted by atomic mass is 35.5. The summed E-state index contributed by atoms with van der Waals surface area (Å²) in [5, 5.41) is 15.5. The zero-order valence-electron chi connectivity index (χ0n) is 12.3. The molecule has 0 aliphatic heterocycles. The Hall–Kier alpha value is -2.79. The summed E-state index contributed by atoms with van der Waals surface area (Å²) >= 11 is 5.97. The minimum Gasteiger partial charge on any atom is -0.507 e. The summed E-state index contributed by atoms with van der Waals surface area (Å²) in [6, 6.07) is 12.2. The molecule has 2 aromatic carbocycles. The van der Waals surface area contributed by atoms with E-state index in [4.69, 9.17) is 16.3 Å². The minimum atomic E-state index is 0.128. The van der Waals surface area contributed by atoms with Crippen LogP contribution in [0.1, 0.15) is 5.56 Å². The molecular formula is C17H14ClN3O2. The normalized spacial score (nSPS) is 11.0. The van der Waals surface area contributed by atoms with Gasteiger partial charge in [-0.1, -0.05) is 11.6 Å². The number of ether oxygens (including phenoxy) is 1. The van der Waals surface area contributed by atoms with Crippen LogP contribution in [0.3, 0.4) is 0 Å². The number of nitrogens with zero attached hydrogens (tertiary/aromatic N) is 2. The maximum atomic E-state index is 9.83. The number of fused-ring (bicyclic) bond motifs is 1. The third-order valence-corrected chi connectivity index (χ3v) is 3.56. The fraction of sp³-hybridized carbons (Fsp3) is 0.0588. The first-order valence-corrected chi connectivity index (χ1v) is 7.25. The van der Waals surface area contributed by atoms with Crippen molar-refractivity contribution < 1.29 is 9.84 Å². The van der Waals surface area contributed by atoms with Gasteiger partial charge in [0.05, 0.1) is 24.5 Å². The Bertz CT molecular complexity index is 881. The first kappa shape index (κ1) is 15.1. The monoisotopic (exact) mass is 327 g/mol. The number of methoxy groups -OCH3 is 1. The molecular weight excluding hydrogens is 314 g/mol. The molecule has 116 valence electrons. The van der Waals surface area contributed by atoms with Gasteiger partial charge >= 0.3 is 0 Å². The predicted molar refractivity (Wildman–Crippen MR) is 92.6 cm³/mol. The van der Waals surface area contributed by atoms with Crippen LogP contribution in [0.25, 0.3) is 10.9 Å². The molecule has 0 atom stereocenters. The number of hydrazone groups is 1. The number of aromatic hydroxyl groups is 1. The van der Waals surface area contributed by atoms with E-state index in [2.05, 4.69) is 15.5 Å². The Balaban J connectivity index is 1.86. The maximum Gasteiger partial charge on any atom is 0.124 e. The Labute approximate surface area is 138 Å². The van der Waals surface area contributed by atoms with E-state index in [-0.39, 0.29) is 5.75 Å². The number of nitrogens with one attached hydrogen (secondary N) is 1. The number of hydrogen-bond donors (Lipinski definition) is 2. The molecule has 0 spiro atoms. The van der Waals surface area contributed by atoms with E-state index in [1.807, 2.05) is 12.1 Å². The molecule has 0 aliphatic carbocycles. The van der Waals surface area contributed by atoms with Gasteiger partial charge in [-0.25, -0.2) is 0 Å². The second-order valence-corrected chi connectivity index (χ2v) is 5.25. The molecule has 3 aromatic rings. The van der Waals surface area contributed by atoms with Crippen molar-refractivity contribution in [2.45, 2.75) is 0 Å². The van der Waals surface area contributed by atoms with E-state index in [0.717, 1.165) is 16.6 Å². The fourth-order valence-corrected chi connectivity index (χ4v) is 2.32. The summed E-state index contributed by atoms with van der Waals surface area (Å²) in [5.41, 5.74) is 5.08. The Morgan fingerprint density at radius 2 is 2.09 bits per heavy atom. The summed E-state index contributed by atoms with van der Waals surface area (Å²) in [7, 11) is 1.57. The first-order valence-electron chi connectivity index (χ1n) is 6.88. The van der Waals surface area contributed by atoms with E-state index in [9.17, 15) is 5.11 Å². The van der Waals surface area contributed by atoms with Gasteiger partial charge in [0.1, 0.15) is 11.5 Å². The van der Waals surface area contributed by atoms with E-state index < -0.39 is 0 Å². The lowest BCUT2D eigenvalue weighted by Gasteiger charge is -2.06. The van der Waals surface area contributed by atoms with E-state index in [1.54, 1.807) is 43.6 Å². The molecule has 0 saturated heterocycles. The molecule has 6 heteroatoms. The molecule has 0 fully saturated rings. The van der Waals surface area contributed by atoms with Crippen molar-refractivity contribution in [1.82, 2.24) is 4.98 Å². The second kappa shape index (κ2) is 6.54. The van der Waals surface area contributed by atoms with Crippen molar-refractivity contribution >= 4 is 34.4 Å². The topological polar surface area (TPSA) is 66.7 Å². The average Bonchev–Trinajstić information content (AvgIpc) is 2.56. The average molecular weight is 328 g/mol. The maximum absolute atomic E-state index is 9.83. The van der Waals surface area contributed by atoms with Crippen LogP contribution in [0.2, 0.25) is 5.02 Å². The molecule has 0 unspecified atom stereocenters. The molecule has 0 bridgehead atoms. The second-order valence-electron chi connectivity index (χ2n) is 4.81. The van der Waals surface area contributed by atoms with Gasteiger partial charge in [0.25, 0.3) is 0 Å². The van der Waals surface area contributed by atoms with Gasteiger partial charge in [-0.3, -0.25) is 10.4 Å². The lowest BCUT2D eigenvalue weighted by Crippen LogP contribution is -1.93. The molecule has 0 saturated carbocycles. The lowest BCUT2D eigenvalue weighted by atomic mass is 10.2. The number of halogens is 1. The minimum absolute atomic E-state index is 0.128. The number of phenolic OH excluding ortho intramolecular Hbond substituents is 1. The number of hydrogen-bond acceptors (Lipinski definition) is 5. The van der Waals surface area contributed by atoms with Crippen LogP contribution in [0, 0.1) is 0 Å². The van der Waals surface area contributed by atoms with Crippen molar-refractivity contribution in [1.29, 1.82) is 0 Å². The number of pyridine rings is 1. The van der Waals surface area contributed by atoms with Crippen molar-refractivity contribution in [3.05, 3.63) is 59.2 Å². The van der Waals surface area contributed by atoms with Gasteiger partial charge in [0.2, 0.25) is 0 Å². The lowest BCUT2D eigenvalue weighted by molar-refractivity contribution is 0.412. The first-order chi connectivity index (χ1) is 11.2. The van der Waals surface area contributed by atoms with E-state index >= 15 is 0 Å². The summed E-state index contributed by atoms with van der Waals surface area (Å²) in [4.78, 5) is 4.27. The molecule has 1 heterocycles. The quantitative estimate of drug-likeness (QED) is 0.560. The summed E-state index contributed by atoms with van der Waals surface area (Å²) in [5.74, 6) is 0.774. The van der Waals surface area contributed by atoms with Crippen LogP contribution in [-0.4, -0.2) is 23.4 Å². The van der Waals surface area contributed by atoms with Crippen LogP contribution in [0.5, 0.6) is 11.5 Å². The van der Waals surface area contributed by atoms with Crippen LogP contribution >= 0.6 is 11.6 Å². The zero-order valence-corrected chi connectivity index (χ0v) is 13.1. The van der Waals surface area contributed by atoms with Crippen LogP contribution in [0.4, 0.5) is 5.69 Å². The van der Waals surface area contributed by atoms with Gasteiger partial charge in [-0.2, -0.15) is 5.10 Å². The molecule has 1 aromatic heterocycles. The molecule has 5 nitrogen and oxygen atoms in total. The van der Waals surface area contributed by atoms with Crippen molar-refractivity contribution in [3.63, 3.8) is 0 Å². The van der Waals surface area contributed by atoms with Gasteiger partial charge < -0.3 is 9.84 Å². The SMILES string of the molecule is COc1ccc(O)c(/C=N/Nc2ccnc3cc(Cl)ccc23)c1. The highest BCUT2D eigenvalue weighted by Crippen LogP contribution is 2.25. The van der Waals surface area contributed by atoms with Crippen molar-refractivity contribution in [2.75, 3.05) is 12.5 Å². The third kappa shape index (κ3) is 3.35. The molecule has 0 aliphatic rings. The highest BCUT2D eigenvalue weighted by Gasteiger charge is 2.03. The van der Waals surface area contributed by atoms with Crippen molar-refractivity contribution in [2.24, 2.45) is 5.10 Å². The zero-order chi connectivity index (χ0) is 16.2. The molecule has 0 radical (unpaired) electrons.